The minimum absolute atomic E-state index is 0.0135. The van der Waals surface area contributed by atoms with Crippen molar-refractivity contribution in [3.05, 3.63) is 64.8 Å². The summed E-state index contributed by atoms with van der Waals surface area (Å²) in [7, 11) is 0. The highest BCUT2D eigenvalue weighted by Gasteiger charge is 2.14. The molecule has 3 aromatic rings. The summed E-state index contributed by atoms with van der Waals surface area (Å²) < 4.78 is 18.2. The molecular formula is C21H20ClFN4O3. The van der Waals surface area contributed by atoms with Gasteiger partial charge in [0.1, 0.15) is 5.82 Å². The Bertz CT molecular complexity index is 1050. The van der Waals surface area contributed by atoms with Gasteiger partial charge in [-0.15, -0.1) is 0 Å². The highest BCUT2D eigenvalue weighted by molar-refractivity contribution is 6.33. The predicted octanol–water partition coefficient (Wildman–Crippen LogP) is 4.24. The normalized spacial score (nSPS) is 10.8. The van der Waals surface area contributed by atoms with Crippen molar-refractivity contribution in [3.63, 3.8) is 0 Å². The first-order chi connectivity index (χ1) is 14.3. The number of anilines is 1. The molecule has 9 heteroatoms. The van der Waals surface area contributed by atoms with Crippen LogP contribution in [0.4, 0.5) is 10.1 Å². The number of halogens is 2. The Labute approximate surface area is 177 Å². The number of hydrogen-bond acceptors (Lipinski definition) is 5. The van der Waals surface area contributed by atoms with Crippen LogP contribution in [-0.4, -0.2) is 28.0 Å². The van der Waals surface area contributed by atoms with E-state index in [1.807, 2.05) is 13.8 Å². The molecule has 2 N–H and O–H groups in total. The average Bonchev–Trinajstić information content (AvgIpc) is 3.17. The maximum atomic E-state index is 13.0. The average molecular weight is 431 g/mol. The van der Waals surface area contributed by atoms with Gasteiger partial charge in [0, 0.05) is 30.0 Å². The Kier molecular flexibility index (Phi) is 6.79. The Morgan fingerprint density at radius 2 is 1.90 bits per heavy atom. The minimum Gasteiger partial charge on any atom is -0.350 e. The highest BCUT2D eigenvalue weighted by atomic mass is 35.5. The molecule has 1 aromatic heterocycles. The molecule has 0 spiro atoms. The molecule has 1 heterocycles. The lowest BCUT2D eigenvalue weighted by atomic mass is 10.1. The lowest BCUT2D eigenvalue weighted by molar-refractivity contribution is -0.116. The van der Waals surface area contributed by atoms with Gasteiger partial charge < -0.3 is 15.2 Å². The van der Waals surface area contributed by atoms with Crippen molar-refractivity contribution in [3.8, 4) is 11.4 Å². The van der Waals surface area contributed by atoms with Crippen LogP contribution in [-0.2, 0) is 11.2 Å². The van der Waals surface area contributed by atoms with Crippen molar-refractivity contribution in [2.45, 2.75) is 32.7 Å². The Balaban J connectivity index is 1.60. The molecular weight excluding hydrogens is 411 g/mol. The van der Waals surface area contributed by atoms with Crippen LogP contribution in [0, 0.1) is 5.82 Å². The predicted molar refractivity (Wildman–Crippen MR) is 111 cm³/mol. The van der Waals surface area contributed by atoms with Crippen LogP contribution in [0.2, 0.25) is 5.02 Å². The van der Waals surface area contributed by atoms with Crippen molar-refractivity contribution >= 4 is 29.1 Å². The molecule has 2 amide bonds. The van der Waals surface area contributed by atoms with Crippen LogP contribution in [0.3, 0.4) is 0 Å². The number of carbonyl (C=O) groups excluding carboxylic acids is 2. The largest absolute Gasteiger partial charge is 0.350 e. The zero-order valence-electron chi connectivity index (χ0n) is 16.4. The van der Waals surface area contributed by atoms with Gasteiger partial charge in [-0.2, -0.15) is 4.98 Å². The van der Waals surface area contributed by atoms with Crippen LogP contribution in [0.5, 0.6) is 0 Å². The van der Waals surface area contributed by atoms with Crippen LogP contribution in [0.25, 0.3) is 11.4 Å². The monoisotopic (exact) mass is 430 g/mol. The Morgan fingerprint density at radius 1 is 1.17 bits per heavy atom. The fraction of sp³-hybridized carbons (Fsp3) is 0.238. The first kappa shape index (κ1) is 21.4. The topological polar surface area (TPSA) is 97.1 Å². The van der Waals surface area contributed by atoms with Gasteiger partial charge in [-0.05, 0) is 56.3 Å². The van der Waals surface area contributed by atoms with Crippen molar-refractivity contribution in [2.24, 2.45) is 0 Å². The lowest BCUT2D eigenvalue weighted by Gasteiger charge is -2.11. The number of nitrogens with one attached hydrogen (secondary N) is 2. The molecule has 0 aliphatic rings. The first-order valence-corrected chi connectivity index (χ1v) is 9.68. The van der Waals surface area contributed by atoms with E-state index in [0.717, 1.165) is 0 Å². The summed E-state index contributed by atoms with van der Waals surface area (Å²) in [4.78, 5) is 28.7. The molecule has 30 heavy (non-hydrogen) atoms. The number of aryl methyl sites for hydroxylation is 1. The van der Waals surface area contributed by atoms with Crippen LogP contribution in [0.1, 0.15) is 36.5 Å². The number of benzene rings is 2. The maximum absolute atomic E-state index is 13.0. The highest BCUT2D eigenvalue weighted by Crippen LogP contribution is 2.24. The second kappa shape index (κ2) is 9.49. The molecule has 7 nitrogen and oxygen atoms in total. The fourth-order valence-electron chi connectivity index (χ4n) is 2.61. The molecule has 0 radical (unpaired) electrons. The van der Waals surface area contributed by atoms with E-state index in [1.165, 1.54) is 18.2 Å². The second-order valence-electron chi connectivity index (χ2n) is 6.89. The summed E-state index contributed by atoms with van der Waals surface area (Å²) in [6, 6.07) is 10.3. The summed E-state index contributed by atoms with van der Waals surface area (Å²) in [6.07, 6.45) is 0.287. The molecule has 3 rings (SSSR count). The van der Waals surface area contributed by atoms with Gasteiger partial charge >= 0.3 is 0 Å². The number of rotatable bonds is 7. The fourth-order valence-corrected chi connectivity index (χ4v) is 2.78. The van der Waals surface area contributed by atoms with E-state index in [-0.39, 0.29) is 42.4 Å². The molecule has 0 fully saturated rings. The van der Waals surface area contributed by atoms with Gasteiger partial charge in [0.15, 0.2) is 0 Å². The number of nitrogens with zero attached hydrogens (tertiary/aromatic N) is 2. The zero-order chi connectivity index (χ0) is 21.7. The maximum Gasteiger partial charge on any atom is 0.251 e. The van der Waals surface area contributed by atoms with Gasteiger partial charge in [-0.25, -0.2) is 4.39 Å². The van der Waals surface area contributed by atoms with E-state index < -0.39 is 0 Å². The van der Waals surface area contributed by atoms with E-state index in [9.17, 15) is 14.0 Å². The summed E-state index contributed by atoms with van der Waals surface area (Å²) in [5.74, 6) is -0.335. The van der Waals surface area contributed by atoms with E-state index in [4.69, 9.17) is 16.1 Å². The molecule has 0 atom stereocenters. The van der Waals surface area contributed by atoms with Crippen molar-refractivity contribution < 1.29 is 18.5 Å². The Hall–Kier alpha value is -3.26. The second-order valence-corrected chi connectivity index (χ2v) is 7.30. The van der Waals surface area contributed by atoms with Gasteiger partial charge in [0.2, 0.25) is 17.6 Å². The molecule has 0 unspecified atom stereocenters. The van der Waals surface area contributed by atoms with Crippen LogP contribution in [0.15, 0.2) is 47.0 Å². The molecule has 0 aliphatic heterocycles. The molecule has 0 bridgehead atoms. The number of carbonyl (C=O) groups is 2. The molecule has 0 saturated carbocycles. The smallest absolute Gasteiger partial charge is 0.251 e. The number of amides is 2. The third kappa shape index (κ3) is 5.64. The zero-order valence-corrected chi connectivity index (χ0v) is 17.2. The van der Waals surface area contributed by atoms with E-state index in [0.29, 0.717) is 27.7 Å². The summed E-state index contributed by atoms with van der Waals surface area (Å²) in [6.45, 7) is 3.71. The Morgan fingerprint density at radius 3 is 2.60 bits per heavy atom. The van der Waals surface area contributed by atoms with Crippen LogP contribution >= 0.6 is 11.6 Å². The van der Waals surface area contributed by atoms with Crippen molar-refractivity contribution in [1.29, 1.82) is 0 Å². The standard InChI is InChI=1S/C21H20ClFN4O3/c1-12(2)24-21(29)14-5-8-16(22)17(11-14)25-18(28)9-10-19-26-20(27-30-19)13-3-6-15(23)7-4-13/h3-8,11-12H,9-10H2,1-2H3,(H,24,29)(H,25,28). The van der Waals surface area contributed by atoms with E-state index in [1.54, 1.807) is 24.3 Å². The van der Waals surface area contributed by atoms with Crippen LogP contribution < -0.4 is 10.6 Å². The van der Waals surface area contributed by atoms with Gasteiger partial charge in [-0.1, -0.05) is 16.8 Å². The summed E-state index contributed by atoms with van der Waals surface area (Å²) in [5, 5.41) is 9.63. The van der Waals surface area contributed by atoms with E-state index >= 15 is 0 Å². The van der Waals surface area contributed by atoms with Crippen molar-refractivity contribution in [2.75, 3.05) is 5.32 Å². The first-order valence-electron chi connectivity index (χ1n) is 9.30. The summed E-state index contributed by atoms with van der Waals surface area (Å²) >= 11 is 6.14. The molecule has 0 aliphatic carbocycles. The SMILES string of the molecule is CC(C)NC(=O)c1ccc(Cl)c(NC(=O)CCc2nc(-c3ccc(F)cc3)no2)c1. The van der Waals surface area contributed by atoms with E-state index in [2.05, 4.69) is 20.8 Å². The van der Waals surface area contributed by atoms with Crippen molar-refractivity contribution in [1.82, 2.24) is 15.5 Å². The summed E-state index contributed by atoms with van der Waals surface area (Å²) in [5.41, 5.74) is 1.35. The number of hydrogen-bond donors (Lipinski definition) is 2. The van der Waals surface area contributed by atoms with Gasteiger partial charge in [0.25, 0.3) is 5.91 Å². The molecule has 2 aromatic carbocycles. The molecule has 0 saturated heterocycles. The minimum atomic E-state index is -0.358. The molecule has 156 valence electrons. The third-order valence-electron chi connectivity index (χ3n) is 4.06. The lowest BCUT2D eigenvalue weighted by Crippen LogP contribution is -2.30. The number of aromatic nitrogens is 2. The van der Waals surface area contributed by atoms with Gasteiger partial charge in [-0.3, -0.25) is 9.59 Å². The van der Waals surface area contributed by atoms with Gasteiger partial charge in [0.05, 0.1) is 10.7 Å². The quantitative estimate of drug-likeness (QED) is 0.584. The third-order valence-corrected chi connectivity index (χ3v) is 4.39.